The van der Waals surface area contributed by atoms with E-state index in [2.05, 4.69) is 92.0 Å². The Morgan fingerprint density at radius 1 is 0.445 bits per heavy atom. The molecule has 0 spiro atoms. The Bertz CT molecular complexity index is 5170. The molecule has 7 aliphatic heterocycles. The van der Waals surface area contributed by atoms with E-state index in [9.17, 15) is 19.5 Å². The summed E-state index contributed by atoms with van der Waals surface area (Å²) in [6, 6.07) is 25.1. The highest BCUT2D eigenvalue weighted by atomic mass is 35.5. The van der Waals surface area contributed by atoms with Crippen LogP contribution in [0.5, 0.6) is 34.9 Å². The van der Waals surface area contributed by atoms with Gasteiger partial charge in [0.05, 0.1) is 80.9 Å². The SMILES string of the molecule is CC1(C)OB(c2cnc3c(c2)CCCO3)OC1(C)C.CCOC(=O)C(OC(C)(C)C)c1c(C)sc(-c2cnc3c(c2)CCCO3)c1-c1ccc2c(c1)CCCO2.CCOC(=O)C(OC(C)(C)C)c1c(C)sc(Cl)c1-c1ccc2c(c1)CCCO2.Cc1sc(-c2cnc3c(c2)CCCO3)c(-c2ccc3c(c2)CCCO3)c1C(OC(C)(C)C)C(=O)O. The third-order valence-corrected chi connectivity index (χ3v) is 25.4. The van der Waals surface area contributed by atoms with Crippen LogP contribution in [0, 0.1) is 20.8 Å². The molecule has 9 aromatic rings. The van der Waals surface area contributed by atoms with E-state index in [0.717, 1.165) is 240 Å². The fourth-order valence-corrected chi connectivity index (χ4v) is 19.5. The summed E-state index contributed by atoms with van der Waals surface area (Å²) in [4.78, 5) is 57.2. The predicted molar refractivity (Wildman–Crippen MR) is 469 cm³/mol. The summed E-state index contributed by atoms with van der Waals surface area (Å²) in [5, 5.41) is 10.2. The number of carbonyl (C=O) groups is 3. The molecule has 3 aromatic carbocycles. The molecule has 0 aliphatic carbocycles. The topological polar surface area (TPSA) is 230 Å². The average molecular weight is 1700 g/mol. The van der Waals surface area contributed by atoms with E-state index in [0.29, 0.717) is 42.2 Å². The molecule has 16 rings (SSSR count). The van der Waals surface area contributed by atoms with Crippen molar-refractivity contribution in [3.8, 4) is 89.2 Å². The summed E-state index contributed by atoms with van der Waals surface area (Å²) in [5.41, 5.74) is 15.6. The van der Waals surface area contributed by atoms with Crippen LogP contribution in [-0.2, 0) is 85.9 Å². The molecule has 6 aromatic heterocycles. The molecule has 119 heavy (non-hydrogen) atoms. The molecule has 634 valence electrons. The maximum atomic E-state index is 13.3. The number of ether oxygens (including phenoxy) is 11. The van der Waals surface area contributed by atoms with Crippen molar-refractivity contribution >= 4 is 76.1 Å². The largest absolute Gasteiger partial charge is 0.496 e. The quantitative estimate of drug-likeness (QED) is 0.0659. The first-order valence-corrected chi connectivity index (χ1v) is 44.5. The molecule has 0 radical (unpaired) electrons. The standard InChI is InChI=1S/C30H35NO5S.C28H31NO5S.C22H27ClO4S.C14H20BNO3/c1-6-33-29(32)26(36-30(3,4)5)24-18(2)37-27(22-16-21-10-8-14-35-28(21)31-17-22)25(24)20-11-12-23-19(15-20)9-7-13-34-23;1-16-22(24(27(30)31)34-28(2,3)4)23(18-9-10-21-17(13-18)7-5-11-32-21)25(35-16)20-14-19-8-6-12-33-26(19)29-15-20;1-6-25-21(24)19(27-22(3,4)5)17-13(2)28-20(23)18(17)15-9-10-16-14(12-15)8-7-11-26-16;1-13(2)14(3,4)19-15(18-13)11-8-10-6-5-7-17-12(10)16-9-11/h11-12,15-17,26H,6-10,13-14H2,1-5H3;9-10,13-15,24H,5-8,11-12H2,1-4H3,(H,30,31);9-10,12,19H,6-8,11H2,1-5H3;8-9H,5-7H2,1-4H3. The van der Waals surface area contributed by atoms with E-state index in [1.807, 2.05) is 126 Å². The number of carboxylic acid groups (broad SMARTS) is 1. The number of pyridine rings is 3. The van der Waals surface area contributed by atoms with Gasteiger partial charge in [0.25, 0.3) is 0 Å². The summed E-state index contributed by atoms with van der Waals surface area (Å²) in [5.74, 6) is 3.18. The van der Waals surface area contributed by atoms with Gasteiger partial charge in [-0.05, 0) is 284 Å². The number of rotatable bonds is 17. The smallest absolute Gasteiger partial charge is 0.493 e. The molecule has 3 unspecified atom stereocenters. The molecular weight excluding hydrogens is 1590 g/mol. The van der Waals surface area contributed by atoms with E-state index >= 15 is 0 Å². The predicted octanol–water partition coefficient (Wildman–Crippen LogP) is 21.1. The number of fused-ring (bicyclic) bond motifs is 6. The summed E-state index contributed by atoms with van der Waals surface area (Å²) >= 11 is 11.4. The van der Waals surface area contributed by atoms with Crippen LogP contribution < -0.4 is 33.9 Å². The fraction of sp³-hybridized carbons (Fsp3) is 0.489. The maximum Gasteiger partial charge on any atom is 0.496 e. The monoisotopic (exact) mass is 1700 g/mol. The summed E-state index contributed by atoms with van der Waals surface area (Å²) in [6.07, 6.45) is 14.5. The lowest BCUT2D eigenvalue weighted by molar-refractivity contribution is -0.167. The molecular formula is C94H113BClN3O17S3. The number of hydrogen-bond acceptors (Lipinski definition) is 22. The number of aryl methyl sites for hydroxylation is 9. The van der Waals surface area contributed by atoms with Crippen LogP contribution in [-0.4, -0.2) is 126 Å². The van der Waals surface area contributed by atoms with Crippen molar-refractivity contribution in [2.45, 2.75) is 248 Å². The second-order valence-electron chi connectivity index (χ2n) is 34.8. The third kappa shape index (κ3) is 20.7. The molecule has 0 amide bonds. The normalized spacial score (nSPS) is 16.9. The molecule has 7 aliphatic rings. The summed E-state index contributed by atoms with van der Waals surface area (Å²) in [7, 11) is -0.343. The van der Waals surface area contributed by atoms with Crippen LogP contribution >= 0.6 is 45.6 Å². The summed E-state index contributed by atoms with van der Waals surface area (Å²) in [6.45, 7) is 40.1. The lowest BCUT2D eigenvalue weighted by atomic mass is 9.79. The van der Waals surface area contributed by atoms with Crippen molar-refractivity contribution in [1.29, 1.82) is 0 Å². The second kappa shape index (κ2) is 37.1. The van der Waals surface area contributed by atoms with E-state index in [-0.39, 0.29) is 24.3 Å². The van der Waals surface area contributed by atoms with Gasteiger partial charge in [0.15, 0.2) is 18.3 Å². The Morgan fingerprint density at radius 2 is 0.765 bits per heavy atom. The van der Waals surface area contributed by atoms with Crippen molar-refractivity contribution in [1.82, 2.24) is 15.0 Å². The molecule has 13 heterocycles. The van der Waals surface area contributed by atoms with E-state index in [4.69, 9.17) is 73.0 Å². The average Bonchev–Trinajstić information content (AvgIpc) is 1.63. The highest BCUT2D eigenvalue weighted by molar-refractivity contribution is 7.17. The zero-order valence-electron chi connectivity index (χ0n) is 72.0. The van der Waals surface area contributed by atoms with Crippen LogP contribution in [0.15, 0.2) is 91.4 Å². The van der Waals surface area contributed by atoms with Crippen molar-refractivity contribution < 1.29 is 80.9 Å². The molecule has 1 saturated heterocycles. The lowest BCUT2D eigenvalue weighted by Crippen LogP contribution is -2.41. The molecule has 1 fully saturated rings. The number of thiophene rings is 3. The highest BCUT2D eigenvalue weighted by Gasteiger charge is 2.52. The first-order chi connectivity index (χ1) is 56.6. The number of aromatic nitrogens is 3. The molecule has 1 N–H and O–H groups in total. The Kier molecular flexibility index (Phi) is 27.6. The van der Waals surface area contributed by atoms with Crippen LogP contribution in [0.3, 0.4) is 0 Å². The minimum atomic E-state index is -1.09. The number of nitrogens with zero attached hydrogens (tertiary/aromatic N) is 3. The van der Waals surface area contributed by atoms with Crippen molar-refractivity contribution in [2.75, 3.05) is 52.9 Å². The number of carbonyl (C=O) groups excluding carboxylic acids is 2. The first kappa shape index (κ1) is 88.4. The zero-order valence-corrected chi connectivity index (χ0v) is 75.2. The van der Waals surface area contributed by atoms with Gasteiger partial charge in [-0.25, -0.2) is 29.3 Å². The number of halogens is 1. The molecule has 0 bridgehead atoms. The van der Waals surface area contributed by atoms with Gasteiger partial charge in [0.1, 0.15) is 21.6 Å². The van der Waals surface area contributed by atoms with Gasteiger partial charge in [0, 0.05) is 110 Å². The van der Waals surface area contributed by atoms with Crippen LogP contribution in [0.1, 0.15) is 225 Å². The van der Waals surface area contributed by atoms with E-state index < -0.39 is 47.1 Å². The zero-order chi connectivity index (χ0) is 85.0. The van der Waals surface area contributed by atoms with E-state index in [1.54, 1.807) is 35.8 Å². The fourth-order valence-electron chi connectivity index (χ4n) is 15.6. The molecule has 25 heteroatoms. The third-order valence-electron chi connectivity index (χ3n) is 21.7. The lowest BCUT2D eigenvalue weighted by Gasteiger charge is -2.32. The minimum absolute atomic E-state index is 0.291. The Balaban J connectivity index is 0.000000141. The van der Waals surface area contributed by atoms with Gasteiger partial charge >= 0.3 is 25.0 Å². The van der Waals surface area contributed by atoms with Crippen molar-refractivity contribution in [3.63, 3.8) is 0 Å². The minimum Gasteiger partial charge on any atom is -0.493 e. The number of carboxylic acids is 1. The number of aliphatic carboxylic acids is 1. The highest BCUT2D eigenvalue weighted by Crippen LogP contribution is 2.53. The number of benzene rings is 3. The Morgan fingerprint density at radius 3 is 1.14 bits per heavy atom. The Labute approximate surface area is 717 Å². The van der Waals surface area contributed by atoms with Gasteiger partial charge in [0.2, 0.25) is 17.6 Å². The molecule has 0 saturated carbocycles. The summed E-state index contributed by atoms with van der Waals surface area (Å²) < 4.78 is 76.8. The van der Waals surface area contributed by atoms with Gasteiger partial charge in [-0.3, -0.25) is 0 Å². The Hall–Kier alpha value is -8.43. The van der Waals surface area contributed by atoms with Gasteiger partial charge in [-0.2, -0.15) is 0 Å². The maximum absolute atomic E-state index is 13.3. The molecule has 3 atom stereocenters. The van der Waals surface area contributed by atoms with Gasteiger partial charge in [-0.1, -0.05) is 35.9 Å². The molecule has 20 nitrogen and oxygen atoms in total. The second-order valence-corrected chi connectivity index (χ2v) is 39.1. The van der Waals surface area contributed by atoms with Crippen molar-refractivity contribution in [2.24, 2.45) is 0 Å². The number of esters is 2. The van der Waals surface area contributed by atoms with E-state index in [1.165, 1.54) is 22.5 Å². The van der Waals surface area contributed by atoms with Crippen LogP contribution in [0.4, 0.5) is 0 Å². The number of hydrogen-bond donors (Lipinski definition) is 1. The van der Waals surface area contributed by atoms with Gasteiger partial charge < -0.3 is 66.5 Å². The van der Waals surface area contributed by atoms with Crippen LogP contribution in [0.25, 0.3) is 54.3 Å². The first-order valence-electron chi connectivity index (χ1n) is 41.7. The van der Waals surface area contributed by atoms with Crippen molar-refractivity contribution in [3.05, 3.63) is 160 Å². The van der Waals surface area contributed by atoms with Crippen LogP contribution in [0.2, 0.25) is 4.34 Å². The van der Waals surface area contributed by atoms with Gasteiger partial charge in [-0.15, -0.1) is 34.0 Å².